The number of hydrogen-bond acceptors (Lipinski definition) is 12. The molecule has 5 N–H and O–H groups in total. The van der Waals surface area contributed by atoms with Crippen LogP contribution in [0, 0.1) is 0 Å². The third-order valence-corrected chi connectivity index (χ3v) is 12.5. The topological polar surface area (TPSA) is 186 Å². The molecule has 16 heteroatoms. The first-order valence-corrected chi connectivity index (χ1v) is 21.0. The largest absolute Gasteiger partial charge is 0.385 e. The number of amides is 2. The molecule has 2 amide bonds. The van der Waals surface area contributed by atoms with Crippen LogP contribution in [0.2, 0.25) is 0 Å². The first-order chi connectivity index (χ1) is 29.1. The van der Waals surface area contributed by atoms with Gasteiger partial charge in [-0.3, -0.25) is 19.3 Å². The van der Waals surface area contributed by atoms with Crippen LogP contribution in [-0.4, -0.2) is 108 Å². The van der Waals surface area contributed by atoms with Crippen molar-refractivity contribution in [1.29, 1.82) is 0 Å². The first kappa shape index (κ1) is 39.4. The van der Waals surface area contributed by atoms with Gasteiger partial charge in [-0.25, -0.2) is 19.3 Å². The molecule has 3 aromatic heterocycles. The summed E-state index contributed by atoms with van der Waals surface area (Å²) in [7, 11) is 0. The van der Waals surface area contributed by atoms with Crippen LogP contribution < -0.4 is 26.4 Å². The molecule has 6 heterocycles. The van der Waals surface area contributed by atoms with Crippen LogP contribution >= 0.6 is 0 Å². The van der Waals surface area contributed by atoms with E-state index in [9.17, 15) is 24.6 Å². The monoisotopic (exact) mass is 813 g/mol. The first-order valence-electron chi connectivity index (χ1n) is 21.0. The summed E-state index contributed by atoms with van der Waals surface area (Å²) in [5.74, 6) is 0.413. The average Bonchev–Trinajstić information content (AvgIpc) is 3.87. The van der Waals surface area contributed by atoms with Crippen molar-refractivity contribution in [2.75, 3.05) is 54.8 Å². The van der Waals surface area contributed by atoms with E-state index in [0.29, 0.717) is 66.3 Å². The average molecular weight is 814 g/mol. The summed E-state index contributed by atoms with van der Waals surface area (Å²) in [4.78, 5) is 59.7. The number of carbonyl (C=O) groups is 2. The van der Waals surface area contributed by atoms with E-state index in [-0.39, 0.29) is 23.9 Å². The molecule has 0 bridgehead atoms. The highest BCUT2D eigenvalue weighted by Crippen LogP contribution is 2.38. The SMILES string of the molecule is C=CCn1c(=O)c2cnc(Nc3ccc(N4CCN(CCCNc5ccc6c(c5)CN(C5CCC(O)NC5=O)C6=O)CC4)cc3)nc2n1-c1ccc2c(n1)[C@@](O)(CC)CC2. The Balaban J connectivity index is 0.779. The molecule has 0 spiro atoms. The zero-order valence-corrected chi connectivity index (χ0v) is 33.8. The molecular weight excluding hydrogens is 763 g/mol. The highest BCUT2D eigenvalue weighted by molar-refractivity contribution is 6.01. The van der Waals surface area contributed by atoms with E-state index in [1.54, 1.807) is 26.5 Å². The molecule has 2 aromatic carbocycles. The zero-order chi connectivity index (χ0) is 41.5. The Hall–Kier alpha value is -6.10. The van der Waals surface area contributed by atoms with Crippen molar-refractivity contribution in [3.8, 4) is 5.82 Å². The fourth-order valence-corrected chi connectivity index (χ4v) is 9.04. The van der Waals surface area contributed by atoms with E-state index in [4.69, 9.17) is 9.97 Å². The Morgan fingerprint density at radius 2 is 1.78 bits per heavy atom. The van der Waals surface area contributed by atoms with Gasteiger partial charge in [0.1, 0.15) is 23.3 Å². The minimum atomic E-state index is -0.996. The van der Waals surface area contributed by atoms with Crippen molar-refractivity contribution in [3.05, 3.63) is 106 Å². The highest BCUT2D eigenvalue weighted by Gasteiger charge is 2.39. The van der Waals surface area contributed by atoms with Gasteiger partial charge in [0.25, 0.3) is 11.5 Å². The van der Waals surface area contributed by atoms with Crippen molar-refractivity contribution in [2.24, 2.45) is 0 Å². The van der Waals surface area contributed by atoms with Crippen molar-refractivity contribution >= 4 is 45.9 Å². The van der Waals surface area contributed by atoms with Gasteiger partial charge < -0.3 is 36.0 Å². The molecule has 2 unspecified atom stereocenters. The third kappa shape index (κ3) is 7.39. The minimum absolute atomic E-state index is 0.134. The second-order valence-corrected chi connectivity index (χ2v) is 16.2. The molecule has 60 heavy (non-hydrogen) atoms. The fraction of sp³-hybridized carbons (Fsp3) is 0.409. The van der Waals surface area contributed by atoms with E-state index >= 15 is 0 Å². The van der Waals surface area contributed by atoms with Crippen LogP contribution in [0.5, 0.6) is 0 Å². The summed E-state index contributed by atoms with van der Waals surface area (Å²) in [5, 5.41) is 30.7. The van der Waals surface area contributed by atoms with E-state index in [2.05, 4.69) is 49.4 Å². The van der Waals surface area contributed by atoms with Gasteiger partial charge in [0.05, 0.1) is 12.2 Å². The number of allylic oxidation sites excluding steroid dienone is 1. The number of piperidine rings is 1. The van der Waals surface area contributed by atoms with Crippen LogP contribution in [0.25, 0.3) is 16.9 Å². The van der Waals surface area contributed by atoms with Crippen molar-refractivity contribution < 1.29 is 19.8 Å². The van der Waals surface area contributed by atoms with Crippen molar-refractivity contribution in [3.63, 3.8) is 0 Å². The number of hydrogen-bond donors (Lipinski definition) is 5. The van der Waals surface area contributed by atoms with Gasteiger partial charge in [-0.15, -0.1) is 6.58 Å². The summed E-state index contributed by atoms with van der Waals surface area (Å²) in [6.07, 6.45) is 6.14. The molecule has 0 radical (unpaired) electrons. The van der Waals surface area contributed by atoms with Crippen LogP contribution in [-0.2, 0) is 29.9 Å². The van der Waals surface area contributed by atoms with Gasteiger partial charge in [-0.1, -0.05) is 19.1 Å². The minimum Gasteiger partial charge on any atom is -0.385 e. The normalized spacial score (nSPS) is 21.6. The predicted molar refractivity (Wildman–Crippen MR) is 229 cm³/mol. The van der Waals surface area contributed by atoms with Crippen molar-refractivity contribution in [1.82, 2.24) is 39.4 Å². The number of piperazine rings is 1. The lowest BCUT2D eigenvalue weighted by Gasteiger charge is -2.36. The summed E-state index contributed by atoms with van der Waals surface area (Å²) in [6, 6.07) is 17.3. The number of rotatable bonds is 13. The molecule has 16 nitrogen and oxygen atoms in total. The highest BCUT2D eigenvalue weighted by atomic mass is 16.3. The molecule has 2 saturated heterocycles. The Morgan fingerprint density at radius 1 is 0.983 bits per heavy atom. The summed E-state index contributed by atoms with van der Waals surface area (Å²) >= 11 is 0. The lowest BCUT2D eigenvalue weighted by molar-refractivity contribution is -0.132. The third-order valence-electron chi connectivity index (χ3n) is 12.5. The van der Waals surface area contributed by atoms with Gasteiger partial charge in [-0.2, -0.15) is 4.98 Å². The smallest absolute Gasteiger partial charge is 0.278 e. The number of aryl methyl sites for hydroxylation is 1. The van der Waals surface area contributed by atoms with E-state index in [0.717, 1.165) is 80.3 Å². The molecule has 312 valence electrons. The Kier molecular flexibility index (Phi) is 10.6. The lowest BCUT2D eigenvalue weighted by Crippen LogP contribution is -2.54. The van der Waals surface area contributed by atoms with Crippen LogP contribution in [0.15, 0.2) is 78.2 Å². The van der Waals surface area contributed by atoms with Crippen LogP contribution in [0.4, 0.5) is 23.0 Å². The number of nitrogens with one attached hydrogen (secondary N) is 3. The molecule has 9 rings (SSSR count). The number of nitrogens with zero attached hydrogens (tertiary/aromatic N) is 8. The number of aliphatic hydroxyl groups excluding tert-OH is 1. The maximum absolute atomic E-state index is 13.5. The summed E-state index contributed by atoms with van der Waals surface area (Å²) < 4.78 is 3.24. The number of aliphatic hydroxyl groups is 2. The van der Waals surface area contributed by atoms with Crippen LogP contribution in [0.3, 0.4) is 0 Å². The predicted octanol–water partition coefficient (Wildman–Crippen LogP) is 3.63. The molecule has 4 aliphatic rings. The van der Waals surface area contributed by atoms with Gasteiger partial charge >= 0.3 is 0 Å². The Morgan fingerprint density at radius 3 is 2.55 bits per heavy atom. The standard InChI is InChI=1S/C44H51N11O5/c1-3-19-54-42(59)34-26-46-43(50-39(34)55(54)36-14-6-28-16-17-44(60,4-2)38(28)48-36)47-30-7-10-32(11-8-30)52-23-21-51(22-24-52)20-5-18-45-31-9-12-33-29(25-31)27-53(41(33)58)35-13-15-37(56)49-40(35)57/h3,6-12,14,25-26,35,37,45,56,60H,1,4-5,13,15-24,27H2,2H3,(H,49,57)(H,46,47,50)/t35?,37?,44-/m1/s1. The zero-order valence-electron chi connectivity index (χ0n) is 33.8. The number of pyridine rings is 1. The molecule has 3 aliphatic heterocycles. The second-order valence-electron chi connectivity index (χ2n) is 16.2. The number of anilines is 4. The summed E-state index contributed by atoms with van der Waals surface area (Å²) in [5.41, 5.74) is 5.31. The number of fused-ring (bicyclic) bond motifs is 3. The number of benzene rings is 2. The van der Waals surface area contributed by atoms with E-state index in [1.165, 1.54) is 0 Å². The molecular formula is C44H51N11O5. The maximum atomic E-state index is 13.5. The van der Waals surface area contributed by atoms with Gasteiger partial charge in [0.15, 0.2) is 11.5 Å². The van der Waals surface area contributed by atoms with Crippen LogP contribution in [0.1, 0.15) is 66.2 Å². The molecule has 3 atom stereocenters. The van der Waals surface area contributed by atoms with E-state index in [1.807, 2.05) is 49.4 Å². The second kappa shape index (κ2) is 16.2. The van der Waals surface area contributed by atoms with Gasteiger partial charge in [0.2, 0.25) is 11.9 Å². The van der Waals surface area contributed by atoms with Gasteiger partial charge in [0, 0.05) is 68.1 Å². The number of carbonyl (C=O) groups excluding carboxylic acids is 2. The van der Waals surface area contributed by atoms with E-state index < -0.39 is 17.9 Å². The molecule has 5 aromatic rings. The van der Waals surface area contributed by atoms with Gasteiger partial charge in [-0.05, 0) is 105 Å². The number of aromatic nitrogens is 5. The Bertz CT molecular complexity index is 2510. The quantitative estimate of drug-likeness (QED) is 0.0861. The maximum Gasteiger partial charge on any atom is 0.278 e. The fourth-order valence-electron chi connectivity index (χ4n) is 9.04. The lowest BCUT2D eigenvalue weighted by atomic mass is 9.98. The molecule has 2 fully saturated rings. The Labute approximate surface area is 347 Å². The summed E-state index contributed by atoms with van der Waals surface area (Å²) in [6.45, 7) is 12.0. The van der Waals surface area contributed by atoms with Crippen molar-refractivity contribution in [2.45, 2.75) is 76.4 Å². The molecule has 0 saturated carbocycles. The molecule has 1 aliphatic carbocycles.